The van der Waals surface area contributed by atoms with E-state index in [4.69, 9.17) is 21.1 Å². The van der Waals surface area contributed by atoms with Crippen LogP contribution >= 0.6 is 11.6 Å². The number of rotatable bonds is 4. The third kappa shape index (κ3) is 4.49. The quantitative estimate of drug-likeness (QED) is 0.848. The van der Waals surface area contributed by atoms with Gasteiger partial charge in [-0.25, -0.2) is 0 Å². The third-order valence-electron chi connectivity index (χ3n) is 3.34. The Labute approximate surface area is 126 Å². The van der Waals surface area contributed by atoms with Gasteiger partial charge in [0, 0.05) is 19.6 Å². The fourth-order valence-electron chi connectivity index (χ4n) is 2.15. The van der Waals surface area contributed by atoms with E-state index in [1.54, 1.807) is 6.92 Å². The molecule has 0 aliphatic carbocycles. The number of hydrogen-bond acceptors (Lipinski definition) is 3. The van der Waals surface area contributed by atoms with E-state index in [0.717, 1.165) is 19.2 Å². The molecular formula is C14H17ClF3NO2. The summed E-state index contributed by atoms with van der Waals surface area (Å²) in [6.07, 6.45) is -4.45. The lowest BCUT2D eigenvalue weighted by Gasteiger charge is -2.26. The second-order valence-corrected chi connectivity index (χ2v) is 5.30. The van der Waals surface area contributed by atoms with Gasteiger partial charge >= 0.3 is 6.18 Å². The summed E-state index contributed by atoms with van der Waals surface area (Å²) in [5, 5.41) is -0.338. The summed E-state index contributed by atoms with van der Waals surface area (Å²) in [6.45, 7) is 5.78. The number of benzene rings is 1. The van der Waals surface area contributed by atoms with E-state index in [1.165, 1.54) is 6.07 Å². The van der Waals surface area contributed by atoms with E-state index in [9.17, 15) is 13.2 Å². The van der Waals surface area contributed by atoms with Gasteiger partial charge in [-0.2, -0.15) is 13.2 Å². The first-order valence-electron chi connectivity index (χ1n) is 6.68. The molecule has 0 unspecified atom stereocenters. The van der Waals surface area contributed by atoms with Crippen LogP contribution in [0.2, 0.25) is 5.02 Å². The van der Waals surface area contributed by atoms with Crippen LogP contribution < -0.4 is 4.74 Å². The largest absolute Gasteiger partial charge is 0.492 e. The Hall–Kier alpha value is -0.980. The van der Waals surface area contributed by atoms with Gasteiger partial charge in [0.15, 0.2) is 0 Å². The molecule has 0 amide bonds. The number of hydrogen-bond donors (Lipinski definition) is 0. The zero-order valence-corrected chi connectivity index (χ0v) is 12.4. The molecule has 3 nitrogen and oxygen atoms in total. The predicted octanol–water partition coefficient (Wildman–Crippen LogP) is 3.38. The Morgan fingerprint density at radius 3 is 2.57 bits per heavy atom. The molecule has 1 aromatic rings. The monoisotopic (exact) mass is 323 g/mol. The first kappa shape index (κ1) is 16.4. The first-order valence-corrected chi connectivity index (χ1v) is 7.06. The van der Waals surface area contributed by atoms with Gasteiger partial charge < -0.3 is 9.47 Å². The summed E-state index contributed by atoms with van der Waals surface area (Å²) in [7, 11) is 0. The van der Waals surface area contributed by atoms with Crippen LogP contribution in [0.25, 0.3) is 0 Å². The number of nitrogens with zero attached hydrogens (tertiary/aromatic N) is 1. The summed E-state index contributed by atoms with van der Waals surface area (Å²) < 4.78 is 48.9. The van der Waals surface area contributed by atoms with E-state index in [2.05, 4.69) is 4.90 Å². The number of aryl methyl sites for hydroxylation is 1. The van der Waals surface area contributed by atoms with Crippen LogP contribution in [0.1, 0.15) is 11.1 Å². The van der Waals surface area contributed by atoms with Crippen molar-refractivity contribution in [3.05, 3.63) is 28.3 Å². The Bertz CT molecular complexity index is 488. The van der Waals surface area contributed by atoms with Gasteiger partial charge in [0.1, 0.15) is 12.4 Å². The highest BCUT2D eigenvalue weighted by molar-refractivity contribution is 6.31. The van der Waals surface area contributed by atoms with Crippen LogP contribution in [0.5, 0.6) is 5.75 Å². The van der Waals surface area contributed by atoms with Gasteiger partial charge in [-0.15, -0.1) is 0 Å². The predicted molar refractivity (Wildman–Crippen MR) is 73.9 cm³/mol. The molecule has 1 saturated heterocycles. The van der Waals surface area contributed by atoms with E-state index in [0.29, 0.717) is 37.7 Å². The van der Waals surface area contributed by atoms with Crippen LogP contribution in [0.4, 0.5) is 13.2 Å². The van der Waals surface area contributed by atoms with Crippen molar-refractivity contribution in [3.8, 4) is 5.75 Å². The average Bonchev–Trinajstić information content (AvgIpc) is 2.42. The molecule has 0 aromatic heterocycles. The van der Waals surface area contributed by atoms with Crippen molar-refractivity contribution < 1.29 is 22.6 Å². The zero-order chi connectivity index (χ0) is 15.5. The minimum absolute atomic E-state index is 0.338. The highest BCUT2D eigenvalue weighted by atomic mass is 35.5. The zero-order valence-electron chi connectivity index (χ0n) is 11.7. The lowest BCUT2D eigenvalue weighted by Crippen LogP contribution is -2.38. The molecule has 0 saturated carbocycles. The maximum absolute atomic E-state index is 12.7. The number of alkyl halides is 3. The molecule has 0 spiro atoms. The number of morpholine rings is 1. The van der Waals surface area contributed by atoms with Crippen LogP contribution in [0.15, 0.2) is 12.1 Å². The van der Waals surface area contributed by atoms with Crippen molar-refractivity contribution in [2.75, 3.05) is 39.5 Å². The molecule has 0 N–H and O–H groups in total. The second-order valence-electron chi connectivity index (χ2n) is 4.90. The number of ether oxygens (including phenoxy) is 2. The van der Waals surface area contributed by atoms with Gasteiger partial charge in [0.2, 0.25) is 0 Å². The SMILES string of the molecule is Cc1cc(C(F)(F)F)c(Cl)cc1OCCN1CCOCC1. The van der Waals surface area contributed by atoms with E-state index in [1.807, 2.05) is 0 Å². The maximum Gasteiger partial charge on any atom is 0.417 e. The minimum atomic E-state index is -4.45. The van der Waals surface area contributed by atoms with Crippen LogP contribution in [0, 0.1) is 6.92 Å². The maximum atomic E-state index is 12.7. The van der Waals surface area contributed by atoms with Crippen LogP contribution in [-0.4, -0.2) is 44.4 Å². The van der Waals surface area contributed by atoms with Gasteiger partial charge in [-0.05, 0) is 24.6 Å². The van der Waals surface area contributed by atoms with Crippen molar-refractivity contribution in [3.63, 3.8) is 0 Å². The molecule has 0 atom stereocenters. The lowest BCUT2D eigenvalue weighted by atomic mass is 10.1. The lowest BCUT2D eigenvalue weighted by molar-refractivity contribution is -0.137. The molecule has 0 radical (unpaired) electrons. The van der Waals surface area contributed by atoms with E-state index in [-0.39, 0.29) is 5.02 Å². The molecule has 1 aromatic carbocycles. The Balaban J connectivity index is 1.95. The Morgan fingerprint density at radius 1 is 1.29 bits per heavy atom. The molecule has 118 valence electrons. The van der Waals surface area contributed by atoms with Crippen molar-refractivity contribution in [2.24, 2.45) is 0 Å². The molecule has 2 rings (SSSR count). The standard InChI is InChI=1S/C14H17ClF3NO2/c1-10-8-11(14(16,17)18)12(15)9-13(10)21-7-4-19-2-5-20-6-3-19/h8-9H,2-7H2,1H3. The topological polar surface area (TPSA) is 21.7 Å². The van der Waals surface area contributed by atoms with Gasteiger partial charge in [0.25, 0.3) is 0 Å². The molecule has 7 heteroatoms. The van der Waals surface area contributed by atoms with Gasteiger partial charge in [0.05, 0.1) is 23.8 Å². The molecule has 1 fully saturated rings. The molecule has 21 heavy (non-hydrogen) atoms. The summed E-state index contributed by atoms with van der Waals surface area (Å²) in [6, 6.07) is 2.26. The number of halogens is 4. The second kappa shape index (κ2) is 6.85. The highest BCUT2D eigenvalue weighted by Gasteiger charge is 2.33. The summed E-state index contributed by atoms with van der Waals surface area (Å²) in [5.41, 5.74) is -0.407. The highest BCUT2D eigenvalue weighted by Crippen LogP contribution is 2.38. The van der Waals surface area contributed by atoms with Crippen LogP contribution in [-0.2, 0) is 10.9 Å². The summed E-state index contributed by atoms with van der Waals surface area (Å²) in [4.78, 5) is 2.19. The normalized spacial score (nSPS) is 17.0. The van der Waals surface area contributed by atoms with Gasteiger partial charge in [-0.1, -0.05) is 11.6 Å². The summed E-state index contributed by atoms with van der Waals surface area (Å²) >= 11 is 5.69. The van der Waals surface area contributed by atoms with E-state index < -0.39 is 11.7 Å². The molecule has 1 aliphatic rings. The van der Waals surface area contributed by atoms with Crippen molar-refractivity contribution >= 4 is 11.6 Å². The fourth-order valence-corrected chi connectivity index (χ4v) is 2.41. The van der Waals surface area contributed by atoms with Gasteiger partial charge in [-0.3, -0.25) is 4.90 Å². The molecule has 1 heterocycles. The molecule has 1 aliphatic heterocycles. The Morgan fingerprint density at radius 2 is 1.95 bits per heavy atom. The first-order chi connectivity index (χ1) is 9.88. The molecular weight excluding hydrogens is 307 g/mol. The fraction of sp³-hybridized carbons (Fsp3) is 0.571. The Kier molecular flexibility index (Phi) is 5.35. The van der Waals surface area contributed by atoms with E-state index >= 15 is 0 Å². The van der Waals surface area contributed by atoms with Crippen molar-refractivity contribution in [1.82, 2.24) is 4.90 Å². The van der Waals surface area contributed by atoms with Crippen molar-refractivity contribution in [1.29, 1.82) is 0 Å². The van der Waals surface area contributed by atoms with Crippen molar-refractivity contribution in [2.45, 2.75) is 13.1 Å². The van der Waals surface area contributed by atoms with Crippen LogP contribution in [0.3, 0.4) is 0 Å². The third-order valence-corrected chi connectivity index (χ3v) is 3.65. The summed E-state index contributed by atoms with van der Waals surface area (Å²) in [5.74, 6) is 0.390. The minimum Gasteiger partial charge on any atom is -0.492 e. The smallest absolute Gasteiger partial charge is 0.417 e. The average molecular weight is 324 g/mol. The molecule has 0 bridgehead atoms.